The number of nitrogens with one attached hydrogen (secondary N) is 1. The number of benzene rings is 4. The first-order valence-corrected chi connectivity index (χ1v) is 17.9. The molecule has 5 nitrogen and oxygen atoms in total. The van der Waals surface area contributed by atoms with Crippen molar-refractivity contribution in [2.24, 2.45) is 0 Å². The van der Waals surface area contributed by atoms with Gasteiger partial charge in [-0.15, -0.1) is 0 Å². The van der Waals surface area contributed by atoms with E-state index in [0.717, 1.165) is 25.8 Å². The summed E-state index contributed by atoms with van der Waals surface area (Å²) in [5, 5.41) is 13.0. The molecule has 0 bridgehead atoms. The zero-order chi connectivity index (χ0) is 26.5. The average molecular weight is 624 g/mol. The molecule has 7 heteroatoms. The van der Waals surface area contributed by atoms with Crippen LogP contribution in [0, 0.1) is 0 Å². The Kier molecular flexibility index (Phi) is 8.01. The molecular formula is C31H23ClInNO4. The Bertz CT molecular complexity index is 1530. The minimum atomic E-state index is -2.76. The number of anilines is 1. The fourth-order valence-corrected chi connectivity index (χ4v) is 11.9. The van der Waals surface area contributed by atoms with E-state index in [1.165, 1.54) is 6.07 Å². The molecule has 38 heavy (non-hydrogen) atoms. The molecule has 0 fully saturated rings. The Balaban J connectivity index is 1.21. The molecule has 4 aromatic carbocycles. The number of carbonyl (C=O) groups excluding carboxylic acids is 1. The van der Waals surface area contributed by atoms with E-state index in [1.807, 2.05) is 86.5 Å². The van der Waals surface area contributed by atoms with Gasteiger partial charge in [-0.2, -0.15) is 0 Å². The number of aromatic carboxylic acids is 1. The van der Waals surface area contributed by atoms with E-state index in [1.54, 1.807) is 18.2 Å². The Hall–Kier alpha value is -3.74. The number of halogens is 1. The quantitative estimate of drug-likeness (QED) is 0.245. The second kappa shape index (κ2) is 11.8. The van der Waals surface area contributed by atoms with Crippen molar-refractivity contribution in [1.82, 2.24) is 0 Å². The van der Waals surface area contributed by atoms with Crippen LogP contribution in [0.5, 0.6) is 5.75 Å². The molecule has 0 atom stereocenters. The zero-order valence-corrected chi connectivity index (χ0v) is 24.4. The number of hydrogen-bond donors (Lipinski definition) is 2. The topological polar surface area (TPSA) is 75.6 Å². The number of ether oxygens (including phenoxy) is 1. The van der Waals surface area contributed by atoms with E-state index in [9.17, 15) is 14.7 Å². The third kappa shape index (κ3) is 6.21. The van der Waals surface area contributed by atoms with Crippen LogP contribution in [-0.2, 0) is 11.4 Å². The molecule has 1 amide bonds. The predicted molar refractivity (Wildman–Crippen MR) is 152 cm³/mol. The summed E-state index contributed by atoms with van der Waals surface area (Å²) in [6.07, 6.45) is 1.79. The van der Waals surface area contributed by atoms with Crippen molar-refractivity contribution in [1.29, 1.82) is 0 Å². The van der Waals surface area contributed by atoms with Crippen LogP contribution in [0.15, 0.2) is 116 Å². The van der Waals surface area contributed by atoms with Gasteiger partial charge in [0.05, 0.1) is 0 Å². The van der Waals surface area contributed by atoms with E-state index in [-0.39, 0.29) is 11.5 Å². The van der Waals surface area contributed by atoms with Crippen molar-refractivity contribution >= 4 is 53.9 Å². The van der Waals surface area contributed by atoms with Gasteiger partial charge in [0.2, 0.25) is 0 Å². The van der Waals surface area contributed by atoms with Crippen molar-refractivity contribution in [2.45, 2.75) is 6.61 Å². The van der Waals surface area contributed by atoms with Gasteiger partial charge in [-0.05, 0) is 5.56 Å². The van der Waals surface area contributed by atoms with E-state index in [0.29, 0.717) is 22.9 Å². The monoisotopic (exact) mass is 623 g/mol. The van der Waals surface area contributed by atoms with Crippen molar-refractivity contribution < 1.29 is 19.4 Å². The van der Waals surface area contributed by atoms with Crippen molar-refractivity contribution in [3.63, 3.8) is 0 Å². The normalized spacial score (nSPS) is 12.2. The maximum absolute atomic E-state index is 12.9. The molecule has 0 spiro atoms. The number of carboxylic acid groups (broad SMARTS) is 1. The molecule has 1 heterocycles. The van der Waals surface area contributed by atoms with Gasteiger partial charge in [0.1, 0.15) is 6.61 Å². The van der Waals surface area contributed by atoms with E-state index in [2.05, 4.69) is 5.32 Å². The van der Waals surface area contributed by atoms with Gasteiger partial charge in [-0.1, -0.05) is 30.3 Å². The molecule has 0 radical (unpaired) electrons. The number of amides is 1. The van der Waals surface area contributed by atoms with Crippen LogP contribution in [0.1, 0.15) is 15.9 Å². The van der Waals surface area contributed by atoms with Crippen LogP contribution < -0.4 is 13.4 Å². The van der Waals surface area contributed by atoms with Crippen LogP contribution in [0.25, 0.3) is 11.1 Å². The summed E-state index contributed by atoms with van der Waals surface area (Å²) >= 11 is 3.36. The summed E-state index contributed by atoms with van der Waals surface area (Å²) < 4.78 is 10.6. The molecule has 2 N–H and O–H groups in total. The molecule has 1 aliphatic rings. The molecule has 0 aromatic heterocycles. The van der Waals surface area contributed by atoms with Crippen LogP contribution in [-0.4, -0.2) is 38.4 Å². The first-order chi connectivity index (χ1) is 18.5. The number of hydrogen-bond acceptors (Lipinski definition) is 3. The van der Waals surface area contributed by atoms with E-state index >= 15 is 0 Å². The van der Waals surface area contributed by atoms with Gasteiger partial charge in [0, 0.05) is 0 Å². The van der Waals surface area contributed by atoms with E-state index < -0.39 is 27.4 Å². The molecule has 5 rings (SSSR count). The molecule has 0 unspecified atom stereocenters. The molecule has 0 saturated carbocycles. The molecule has 186 valence electrons. The van der Waals surface area contributed by atoms with Gasteiger partial charge in [-0.3, -0.25) is 0 Å². The van der Waals surface area contributed by atoms with Gasteiger partial charge in [0.15, 0.2) is 0 Å². The van der Waals surface area contributed by atoms with Crippen LogP contribution in [0.3, 0.4) is 0 Å². The minimum absolute atomic E-state index is 0.216. The molecular weight excluding hydrogens is 601 g/mol. The third-order valence-electron chi connectivity index (χ3n) is 6.29. The SMILES string of the molecule is O=C(Nc1ccc(-c2ccc(OCc3ccccc3)cc2)cc1)C1=[CH][In]([c]2cc(Cl)ccc2C(=O)O)[CH]=C1. The molecule has 1 aliphatic heterocycles. The summed E-state index contributed by atoms with van der Waals surface area (Å²) in [5.41, 5.74) is 4.68. The Morgan fingerprint density at radius 3 is 2.24 bits per heavy atom. The van der Waals surface area contributed by atoms with Crippen LogP contribution in [0.4, 0.5) is 5.69 Å². The second-order valence-electron chi connectivity index (χ2n) is 8.87. The summed E-state index contributed by atoms with van der Waals surface area (Å²) in [5.74, 6) is -0.397. The predicted octanol–water partition coefficient (Wildman–Crippen LogP) is 6.20. The molecule has 0 saturated heterocycles. The first-order valence-electron chi connectivity index (χ1n) is 12.1. The number of rotatable bonds is 8. The van der Waals surface area contributed by atoms with Gasteiger partial charge in [0.25, 0.3) is 0 Å². The standard InChI is InChI=1S/C24H19NO2.C7H4ClO2.In/c1-3-18(2)24(26)25-22-13-9-20(10-14-22)21-11-15-23(16-12-21)27-17-19-7-5-4-6-8-19;8-6-3-1-5(2-4-6)7(9)10;/h1-16H,17H2,(H,25,26);1,3-4H,(H,9,10);. The molecule has 4 aromatic rings. The summed E-state index contributed by atoms with van der Waals surface area (Å²) in [7, 11) is 0. The zero-order valence-electron chi connectivity index (χ0n) is 20.3. The average Bonchev–Trinajstić information content (AvgIpc) is 3.44. The Labute approximate surface area is 233 Å². The van der Waals surface area contributed by atoms with E-state index in [4.69, 9.17) is 16.3 Å². The van der Waals surface area contributed by atoms with Crippen molar-refractivity contribution in [3.8, 4) is 16.9 Å². The summed E-state index contributed by atoms with van der Waals surface area (Å²) in [4.78, 5) is 24.5. The fourth-order valence-electron chi connectivity index (χ4n) is 4.29. The number of carbonyl (C=O) groups is 2. The fraction of sp³-hybridized carbons (Fsp3) is 0.0323. The first kappa shape index (κ1) is 25.9. The Morgan fingerprint density at radius 2 is 1.55 bits per heavy atom. The van der Waals surface area contributed by atoms with Crippen LogP contribution >= 0.6 is 11.6 Å². The molecule has 0 aliphatic carbocycles. The maximum atomic E-state index is 12.9. The Morgan fingerprint density at radius 1 is 0.868 bits per heavy atom. The van der Waals surface area contributed by atoms with Crippen molar-refractivity contribution in [3.05, 3.63) is 133 Å². The van der Waals surface area contributed by atoms with Crippen molar-refractivity contribution in [2.75, 3.05) is 5.32 Å². The number of carboxylic acids is 1. The van der Waals surface area contributed by atoms with Gasteiger partial charge >= 0.3 is 187 Å². The van der Waals surface area contributed by atoms with Crippen LogP contribution in [0.2, 0.25) is 5.02 Å². The summed E-state index contributed by atoms with van der Waals surface area (Å²) in [6, 6.07) is 30.4. The summed E-state index contributed by atoms with van der Waals surface area (Å²) in [6.45, 7) is 0.518. The second-order valence-corrected chi connectivity index (χ2v) is 16.1. The van der Waals surface area contributed by atoms with Gasteiger partial charge in [-0.25, -0.2) is 0 Å². The third-order valence-corrected chi connectivity index (χ3v) is 13.7. The van der Waals surface area contributed by atoms with Gasteiger partial charge < -0.3 is 4.74 Å².